The molecule has 0 amide bonds. The van der Waals surface area contributed by atoms with Crippen LogP contribution in [0, 0.1) is 0 Å². The van der Waals surface area contributed by atoms with Gasteiger partial charge in [0.25, 0.3) is 0 Å². The van der Waals surface area contributed by atoms with Crippen LogP contribution in [0.1, 0.15) is 17.7 Å². The number of hydrogen-bond acceptors (Lipinski definition) is 5. The van der Waals surface area contributed by atoms with Crippen LogP contribution in [0.15, 0.2) is 23.5 Å². The lowest BCUT2D eigenvalue weighted by atomic mass is 10.1. The molecule has 0 bridgehead atoms. The van der Waals surface area contributed by atoms with E-state index in [1.807, 2.05) is 23.9 Å². The van der Waals surface area contributed by atoms with Gasteiger partial charge in [0.05, 0.1) is 0 Å². The van der Waals surface area contributed by atoms with Crippen LogP contribution in [0.2, 0.25) is 0 Å². The van der Waals surface area contributed by atoms with E-state index in [1.165, 1.54) is 12.2 Å². The van der Waals surface area contributed by atoms with E-state index in [4.69, 9.17) is 10.9 Å². The van der Waals surface area contributed by atoms with Gasteiger partial charge < -0.3 is 16.3 Å². The molecule has 0 saturated carbocycles. The molecule has 1 aliphatic rings. The predicted octanol–water partition coefficient (Wildman–Crippen LogP) is 0.771. The molecule has 92 valence electrons. The monoisotopic (exact) mass is 252 g/mol. The van der Waals surface area contributed by atoms with Gasteiger partial charge in [-0.25, -0.2) is 0 Å². The van der Waals surface area contributed by atoms with Crippen molar-refractivity contribution in [3.8, 4) is 0 Å². The van der Waals surface area contributed by atoms with E-state index >= 15 is 0 Å². The van der Waals surface area contributed by atoms with Crippen molar-refractivity contribution < 1.29 is 5.21 Å². The number of thioether (sulfide) groups is 1. The van der Waals surface area contributed by atoms with Crippen molar-refractivity contribution in [2.45, 2.75) is 19.0 Å². The van der Waals surface area contributed by atoms with Crippen molar-refractivity contribution in [2.24, 2.45) is 10.9 Å². The summed E-state index contributed by atoms with van der Waals surface area (Å²) in [5.74, 6) is 2.43. The van der Waals surface area contributed by atoms with Gasteiger partial charge in [0.15, 0.2) is 5.84 Å². The fraction of sp³-hybridized carbons (Fsp3) is 0.455. The van der Waals surface area contributed by atoms with Gasteiger partial charge in [0, 0.05) is 24.5 Å². The van der Waals surface area contributed by atoms with Crippen molar-refractivity contribution in [1.29, 1.82) is 0 Å². The molecule has 1 unspecified atom stereocenters. The summed E-state index contributed by atoms with van der Waals surface area (Å²) in [5.41, 5.74) is 7.09. The third kappa shape index (κ3) is 3.10. The lowest BCUT2D eigenvalue weighted by Gasteiger charge is -2.12. The summed E-state index contributed by atoms with van der Waals surface area (Å²) < 4.78 is 0. The number of aromatic nitrogens is 1. The van der Waals surface area contributed by atoms with Crippen LogP contribution in [0.25, 0.3) is 0 Å². The molecule has 0 spiro atoms. The van der Waals surface area contributed by atoms with E-state index < -0.39 is 0 Å². The molecule has 2 rings (SSSR count). The van der Waals surface area contributed by atoms with Crippen LogP contribution < -0.4 is 11.1 Å². The van der Waals surface area contributed by atoms with Gasteiger partial charge in [0.2, 0.25) is 0 Å². The minimum Gasteiger partial charge on any atom is -0.409 e. The Hall–Kier alpha value is -1.27. The Bertz CT molecular complexity index is 404. The number of hydrogen-bond donors (Lipinski definition) is 3. The van der Waals surface area contributed by atoms with Gasteiger partial charge in [-0.05, 0) is 23.8 Å². The second-order valence-corrected chi connectivity index (χ2v) is 5.09. The molecule has 0 radical (unpaired) electrons. The Labute approximate surface area is 104 Å². The lowest BCUT2D eigenvalue weighted by molar-refractivity contribution is 0.318. The van der Waals surface area contributed by atoms with Crippen molar-refractivity contribution in [2.75, 3.05) is 11.5 Å². The highest BCUT2D eigenvalue weighted by Crippen LogP contribution is 2.17. The van der Waals surface area contributed by atoms with E-state index in [9.17, 15) is 0 Å². The topological polar surface area (TPSA) is 83.5 Å². The number of nitrogens with zero attached hydrogens (tertiary/aromatic N) is 2. The SMILES string of the molecule is N/C(=N/O)c1ncccc1CNC1CCSC1. The standard InChI is InChI=1S/C11H16N4OS/c12-11(15-16)10-8(2-1-4-13-10)6-14-9-3-5-17-7-9/h1-2,4,9,14,16H,3,5-7H2,(H2,12,15). The van der Waals surface area contributed by atoms with Crippen LogP contribution >= 0.6 is 11.8 Å². The number of pyridine rings is 1. The number of rotatable bonds is 4. The third-order valence-corrected chi connectivity index (χ3v) is 3.91. The number of oxime groups is 1. The van der Waals surface area contributed by atoms with Gasteiger partial charge in [-0.1, -0.05) is 11.2 Å². The van der Waals surface area contributed by atoms with E-state index in [1.54, 1.807) is 6.20 Å². The molecular weight excluding hydrogens is 236 g/mol. The highest BCUT2D eigenvalue weighted by Gasteiger charge is 2.15. The highest BCUT2D eigenvalue weighted by molar-refractivity contribution is 7.99. The molecule has 1 aromatic rings. The fourth-order valence-electron chi connectivity index (χ4n) is 1.81. The summed E-state index contributed by atoms with van der Waals surface area (Å²) in [6.07, 6.45) is 2.84. The average Bonchev–Trinajstić information content (AvgIpc) is 2.89. The molecule has 6 heteroatoms. The predicted molar refractivity (Wildman–Crippen MR) is 69.3 cm³/mol. The second kappa shape index (κ2) is 5.88. The van der Waals surface area contributed by atoms with Gasteiger partial charge >= 0.3 is 0 Å². The smallest absolute Gasteiger partial charge is 0.189 e. The van der Waals surface area contributed by atoms with Crippen LogP contribution in [0.5, 0.6) is 0 Å². The molecule has 1 fully saturated rings. The first kappa shape index (κ1) is 12.2. The lowest BCUT2D eigenvalue weighted by Crippen LogP contribution is -2.29. The summed E-state index contributed by atoms with van der Waals surface area (Å²) in [6.45, 7) is 0.699. The van der Waals surface area contributed by atoms with E-state index in [2.05, 4.69) is 15.5 Å². The molecule has 1 saturated heterocycles. The van der Waals surface area contributed by atoms with E-state index in [0.29, 0.717) is 18.3 Å². The molecule has 1 atom stereocenters. The van der Waals surface area contributed by atoms with E-state index in [0.717, 1.165) is 11.3 Å². The minimum absolute atomic E-state index is 0.0585. The Balaban J connectivity index is 2.04. The zero-order chi connectivity index (χ0) is 12.1. The molecule has 17 heavy (non-hydrogen) atoms. The van der Waals surface area contributed by atoms with E-state index in [-0.39, 0.29) is 5.84 Å². The molecule has 1 aromatic heterocycles. The summed E-state index contributed by atoms with van der Waals surface area (Å²) in [7, 11) is 0. The molecule has 5 nitrogen and oxygen atoms in total. The van der Waals surface area contributed by atoms with Crippen LogP contribution in [0.4, 0.5) is 0 Å². The summed E-state index contributed by atoms with van der Waals surface area (Å²) in [4.78, 5) is 4.13. The quantitative estimate of drug-likeness (QED) is 0.319. The molecular formula is C11H16N4OS. The minimum atomic E-state index is 0.0585. The molecule has 2 heterocycles. The second-order valence-electron chi connectivity index (χ2n) is 3.94. The van der Waals surface area contributed by atoms with Crippen molar-refractivity contribution >= 4 is 17.6 Å². The maximum absolute atomic E-state index is 8.69. The van der Waals surface area contributed by atoms with Crippen LogP contribution in [-0.4, -0.2) is 33.6 Å². The normalized spacial score (nSPS) is 20.7. The first-order chi connectivity index (χ1) is 8.31. The van der Waals surface area contributed by atoms with Crippen LogP contribution in [0.3, 0.4) is 0 Å². The fourth-order valence-corrected chi connectivity index (χ4v) is 3.00. The maximum atomic E-state index is 8.69. The molecule has 0 aromatic carbocycles. The molecule has 4 N–H and O–H groups in total. The van der Waals surface area contributed by atoms with Gasteiger partial charge in [-0.15, -0.1) is 0 Å². The first-order valence-corrected chi connectivity index (χ1v) is 6.69. The summed E-state index contributed by atoms with van der Waals surface area (Å²) in [6, 6.07) is 4.35. The maximum Gasteiger partial charge on any atom is 0.189 e. The van der Waals surface area contributed by atoms with Crippen molar-refractivity contribution in [3.05, 3.63) is 29.6 Å². The Morgan fingerprint density at radius 2 is 2.59 bits per heavy atom. The third-order valence-electron chi connectivity index (χ3n) is 2.75. The Kier molecular flexibility index (Phi) is 4.22. The zero-order valence-corrected chi connectivity index (χ0v) is 10.3. The zero-order valence-electron chi connectivity index (χ0n) is 9.47. The first-order valence-electron chi connectivity index (χ1n) is 5.54. The number of nitrogens with one attached hydrogen (secondary N) is 1. The van der Waals surface area contributed by atoms with Crippen molar-refractivity contribution in [3.63, 3.8) is 0 Å². The Morgan fingerprint density at radius 1 is 1.71 bits per heavy atom. The van der Waals surface area contributed by atoms with Crippen LogP contribution in [-0.2, 0) is 6.54 Å². The van der Waals surface area contributed by atoms with Gasteiger partial charge in [-0.3, -0.25) is 4.98 Å². The van der Waals surface area contributed by atoms with Crippen molar-refractivity contribution in [1.82, 2.24) is 10.3 Å². The molecule has 1 aliphatic heterocycles. The average molecular weight is 252 g/mol. The number of amidine groups is 1. The Morgan fingerprint density at radius 3 is 3.29 bits per heavy atom. The summed E-state index contributed by atoms with van der Waals surface area (Å²) >= 11 is 1.97. The van der Waals surface area contributed by atoms with Gasteiger partial charge in [0.1, 0.15) is 5.69 Å². The molecule has 0 aliphatic carbocycles. The van der Waals surface area contributed by atoms with Gasteiger partial charge in [-0.2, -0.15) is 11.8 Å². The highest BCUT2D eigenvalue weighted by atomic mass is 32.2. The largest absolute Gasteiger partial charge is 0.409 e. The summed E-state index contributed by atoms with van der Waals surface area (Å²) in [5, 5.41) is 15.2. The number of nitrogens with two attached hydrogens (primary N) is 1.